The summed E-state index contributed by atoms with van der Waals surface area (Å²) in [6.45, 7) is 0.674. The van der Waals surface area contributed by atoms with E-state index in [1.807, 2.05) is 0 Å². The summed E-state index contributed by atoms with van der Waals surface area (Å²) in [6.07, 6.45) is 0. The van der Waals surface area contributed by atoms with E-state index >= 15 is 0 Å². The molecule has 1 heterocycles. The summed E-state index contributed by atoms with van der Waals surface area (Å²) in [7, 11) is 0. The first-order valence-electron chi connectivity index (χ1n) is 2.56. The quantitative estimate of drug-likeness (QED) is 0.445. The molecule has 52 valence electrons. The molecule has 1 saturated heterocycles. The third-order valence-corrected chi connectivity index (χ3v) is 2.32. The first kappa shape index (κ1) is 6.85. The fourth-order valence-corrected chi connectivity index (χ4v) is 1.49. The van der Waals surface area contributed by atoms with Crippen LogP contribution in [0.2, 0.25) is 0 Å². The molecule has 5 heteroatoms. The standard InChI is InChI=1S/C4H8N2O2S/c5-4(3(7)8)6-1-2-9-4/h6H,1-2,5H2,(H,7,8). The van der Waals surface area contributed by atoms with Crippen LogP contribution < -0.4 is 11.1 Å². The Labute approximate surface area is 56.8 Å². The maximum atomic E-state index is 10.3. The van der Waals surface area contributed by atoms with Gasteiger partial charge in [0.05, 0.1) is 0 Å². The lowest BCUT2D eigenvalue weighted by Gasteiger charge is -2.15. The van der Waals surface area contributed by atoms with E-state index in [9.17, 15) is 4.79 Å². The monoisotopic (exact) mass is 148 g/mol. The van der Waals surface area contributed by atoms with Crippen LogP contribution in [0.25, 0.3) is 0 Å². The van der Waals surface area contributed by atoms with Crippen LogP contribution in [0.1, 0.15) is 0 Å². The summed E-state index contributed by atoms with van der Waals surface area (Å²) in [5.74, 6) is -0.229. The van der Waals surface area contributed by atoms with Crippen molar-refractivity contribution in [1.82, 2.24) is 5.32 Å². The molecular formula is C4H8N2O2S. The number of nitrogens with one attached hydrogen (secondary N) is 1. The van der Waals surface area contributed by atoms with Crippen LogP contribution in [0, 0.1) is 0 Å². The summed E-state index contributed by atoms with van der Waals surface area (Å²) in [6, 6.07) is 0. The summed E-state index contributed by atoms with van der Waals surface area (Å²) in [4.78, 5) is 9.09. The maximum absolute atomic E-state index is 10.3. The van der Waals surface area contributed by atoms with E-state index in [1.165, 1.54) is 11.8 Å². The lowest BCUT2D eigenvalue weighted by Crippen LogP contribution is -2.53. The van der Waals surface area contributed by atoms with Crippen LogP contribution >= 0.6 is 11.8 Å². The van der Waals surface area contributed by atoms with Gasteiger partial charge in [0.15, 0.2) is 0 Å². The lowest BCUT2D eigenvalue weighted by molar-refractivity contribution is -0.140. The van der Waals surface area contributed by atoms with Gasteiger partial charge in [-0.05, 0) is 0 Å². The average molecular weight is 148 g/mol. The van der Waals surface area contributed by atoms with Gasteiger partial charge in [0.25, 0.3) is 0 Å². The number of carbonyl (C=O) groups is 1. The van der Waals surface area contributed by atoms with E-state index < -0.39 is 11.0 Å². The molecule has 0 aliphatic carbocycles. The van der Waals surface area contributed by atoms with Crippen LogP contribution in [-0.4, -0.2) is 28.4 Å². The Morgan fingerprint density at radius 3 is 2.78 bits per heavy atom. The number of carboxylic acids is 1. The highest BCUT2D eigenvalue weighted by Gasteiger charge is 2.37. The molecule has 0 saturated carbocycles. The van der Waals surface area contributed by atoms with Crippen molar-refractivity contribution in [3.63, 3.8) is 0 Å². The Hall–Kier alpha value is -0.260. The highest BCUT2D eigenvalue weighted by Crippen LogP contribution is 2.20. The minimum Gasteiger partial charge on any atom is -0.478 e. The van der Waals surface area contributed by atoms with Gasteiger partial charge in [-0.2, -0.15) is 0 Å². The Kier molecular flexibility index (Phi) is 1.65. The fraction of sp³-hybridized carbons (Fsp3) is 0.750. The summed E-state index contributed by atoms with van der Waals surface area (Å²) in [5, 5.41) is 11.1. The molecule has 4 nitrogen and oxygen atoms in total. The Morgan fingerprint density at radius 1 is 1.89 bits per heavy atom. The maximum Gasteiger partial charge on any atom is 0.349 e. The second-order valence-electron chi connectivity index (χ2n) is 1.82. The second-order valence-corrected chi connectivity index (χ2v) is 3.16. The third-order valence-electron chi connectivity index (χ3n) is 1.14. The van der Waals surface area contributed by atoms with Crippen molar-refractivity contribution < 1.29 is 9.90 Å². The molecule has 1 aliphatic heterocycles. The topological polar surface area (TPSA) is 75.4 Å². The first-order chi connectivity index (χ1) is 4.15. The molecule has 0 aromatic carbocycles. The Bertz CT molecular complexity index is 133. The smallest absolute Gasteiger partial charge is 0.349 e. The summed E-state index contributed by atoms with van der Waals surface area (Å²) in [5.41, 5.74) is 5.35. The molecule has 4 N–H and O–H groups in total. The van der Waals surface area contributed by atoms with Crippen LogP contribution in [0.15, 0.2) is 0 Å². The van der Waals surface area contributed by atoms with E-state index in [1.54, 1.807) is 0 Å². The van der Waals surface area contributed by atoms with E-state index in [0.717, 1.165) is 5.75 Å². The summed E-state index contributed by atoms with van der Waals surface area (Å²) >= 11 is 1.22. The van der Waals surface area contributed by atoms with Crippen molar-refractivity contribution in [1.29, 1.82) is 0 Å². The predicted molar refractivity (Wildman–Crippen MR) is 35.0 cm³/mol. The number of hydrogen-bond donors (Lipinski definition) is 3. The molecule has 1 rings (SSSR count). The molecule has 0 aromatic heterocycles. The van der Waals surface area contributed by atoms with Crippen molar-refractivity contribution in [3.8, 4) is 0 Å². The number of thioether (sulfide) groups is 1. The number of aliphatic carboxylic acids is 1. The molecule has 9 heavy (non-hydrogen) atoms. The number of rotatable bonds is 1. The minimum atomic E-state index is -1.22. The molecular weight excluding hydrogens is 140 g/mol. The third kappa shape index (κ3) is 1.17. The number of hydrogen-bond acceptors (Lipinski definition) is 4. The molecule has 1 fully saturated rings. The minimum absolute atomic E-state index is 0.674. The largest absolute Gasteiger partial charge is 0.478 e. The highest BCUT2D eigenvalue weighted by atomic mass is 32.2. The van der Waals surface area contributed by atoms with Gasteiger partial charge in [-0.15, -0.1) is 11.8 Å². The van der Waals surface area contributed by atoms with Crippen LogP contribution in [0.4, 0.5) is 0 Å². The van der Waals surface area contributed by atoms with Crippen molar-refractivity contribution in [2.75, 3.05) is 12.3 Å². The van der Waals surface area contributed by atoms with Gasteiger partial charge < -0.3 is 5.11 Å². The SMILES string of the molecule is NC1(C(=O)O)NCCS1. The molecule has 0 amide bonds. The van der Waals surface area contributed by atoms with Gasteiger partial charge >= 0.3 is 5.97 Å². The molecule has 0 bridgehead atoms. The van der Waals surface area contributed by atoms with E-state index in [0.29, 0.717) is 6.54 Å². The van der Waals surface area contributed by atoms with E-state index in [4.69, 9.17) is 10.8 Å². The molecule has 1 atom stereocenters. The predicted octanol–water partition coefficient (Wildman–Crippen LogP) is -0.980. The normalized spacial score (nSPS) is 34.8. The molecule has 1 aliphatic rings. The zero-order valence-electron chi connectivity index (χ0n) is 4.76. The Morgan fingerprint density at radius 2 is 2.56 bits per heavy atom. The van der Waals surface area contributed by atoms with Gasteiger partial charge in [-0.25, -0.2) is 4.79 Å². The highest BCUT2D eigenvalue weighted by molar-refractivity contribution is 8.01. The first-order valence-corrected chi connectivity index (χ1v) is 3.55. The van der Waals surface area contributed by atoms with Gasteiger partial charge in [0.1, 0.15) is 0 Å². The van der Waals surface area contributed by atoms with Crippen LogP contribution in [0.3, 0.4) is 0 Å². The average Bonchev–Trinajstić information content (AvgIpc) is 2.16. The number of nitrogens with two attached hydrogens (primary N) is 1. The Balaban J connectivity index is 2.61. The van der Waals surface area contributed by atoms with Crippen LogP contribution in [-0.2, 0) is 4.79 Å². The second kappa shape index (κ2) is 2.17. The molecule has 0 aromatic rings. The van der Waals surface area contributed by atoms with Crippen molar-refractivity contribution in [2.24, 2.45) is 5.73 Å². The van der Waals surface area contributed by atoms with E-state index in [-0.39, 0.29) is 0 Å². The summed E-state index contributed by atoms with van der Waals surface area (Å²) < 4.78 is 0. The van der Waals surface area contributed by atoms with Gasteiger partial charge in [0.2, 0.25) is 4.99 Å². The zero-order valence-corrected chi connectivity index (χ0v) is 5.57. The van der Waals surface area contributed by atoms with Crippen molar-refractivity contribution in [2.45, 2.75) is 4.99 Å². The van der Waals surface area contributed by atoms with Gasteiger partial charge in [0, 0.05) is 12.3 Å². The van der Waals surface area contributed by atoms with Crippen molar-refractivity contribution >= 4 is 17.7 Å². The van der Waals surface area contributed by atoms with Gasteiger partial charge in [-0.3, -0.25) is 11.1 Å². The molecule has 1 unspecified atom stereocenters. The number of carboxylic acid groups (broad SMARTS) is 1. The van der Waals surface area contributed by atoms with E-state index in [2.05, 4.69) is 5.32 Å². The lowest BCUT2D eigenvalue weighted by atomic mass is 10.5. The zero-order chi connectivity index (χ0) is 6.91. The molecule has 0 spiro atoms. The van der Waals surface area contributed by atoms with Gasteiger partial charge in [-0.1, -0.05) is 0 Å². The molecule has 0 radical (unpaired) electrons. The van der Waals surface area contributed by atoms with Crippen molar-refractivity contribution in [3.05, 3.63) is 0 Å². The fourth-order valence-electron chi connectivity index (χ4n) is 0.637. The van der Waals surface area contributed by atoms with Crippen LogP contribution in [0.5, 0.6) is 0 Å².